The second-order valence-corrected chi connectivity index (χ2v) is 17.4. The fourth-order valence-corrected chi connectivity index (χ4v) is 7.22. The Bertz CT molecular complexity index is 1880. The molecule has 1 N–H and O–H groups in total. The maximum atomic E-state index is 14.9. The number of amides is 2. The number of hydrogen-bond donors (Lipinski definition) is 1. The summed E-state index contributed by atoms with van der Waals surface area (Å²) in [4.78, 5) is 32.4. The number of fused-ring (bicyclic) bond motifs is 2. The molecule has 1 saturated carbocycles. The molecule has 1 saturated heterocycles. The van der Waals surface area contributed by atoms with Crippen LogP contribution in [0.25, 0.3) is 5.57 Å². The molecule has 298 valence electrons. The normalized spacial score (nSPS) is 18.3. The molecule has 3 aliphatic rings. The SMILES string of the molecule is Cc1cccc(OCCN(C(=O)C2=C(c3ccc(OCCOc4cc(C)c(C)cc4Cl)cc3)CC3CNCC2N3C(=O)OC(C)(C)C(Cl)(Cl)Cl)C2CC2)c1.Cl. The zero-order valence-corrected chi connectivity index (χ0v) is 35.5. The second kappa shape index (κ2) is 18.0. The molecule has 2 bridgehead atoms. The maximum absolute atomic E-state index is 14.9. The molecule has 2 amide bonds. The molecule has 9 nitrogen and oxygen atoms in total. The highest BCUT2D eigenvalue weighted by Crippen LogP contribution is 2.43. The van der Waals surface area contributed by atoms with Gasteiger partial charge in [-0.1, -0.05) is 70.7 Å². The molecule has 2 heterocycles. The molecule has 0 radical (unpaired) electrons. The van der Waals surface area contributed by atoms with Gasteiger partial charge in [-0.3, -0.25) is 9.69 Å². The molecule has 1 aliphatic carbocycles. The fraction of sp³-hybridized carbons (Fsp3) is 0.463. The van der Waals surface area contributed by atoms with Crippen LogP contribution in [-0.4, -0.2) is 88.8 Å². The van der Waals surface area contributed by atoms with Gasteiger partial charge in [0.1, 0.15) is 37.1 Å². The largest absolute Gasteiger partial charge is 0.492 e. The van der Waals surface area contributed by atoms with Crippen molar-refractivity contribution in [2.45, 2.75) is 81.4 Å². The first kappa shape index (κ1) is 43.1. The lowest BCUT2D eigenvalue weighted by atomic mass is 9.82. The van der Waals surface area contributed by atoms with Crippen molar-refractivity contribution in [3.8, 4) is 17.2 Å². The molecular weight excluding hydrogens is 808 g/mol. The number of benzene rings is 3. The Labute approximate surface area is 349 Å². The van der Waals surface area contributed by atoms with Gasteiger partial charge in [-0.25, -0.2) is 4.79 Å². The predicted molar refractivity (Wildman–Crippen MR) is 222 cm³/mol. The Morgan fingerprint density at radius 3 is 2.22 bits per heavy atom. The maximum Gasteiger partial charge on any atom is 0.411 e. The third kappa shape index (κ3) is 10.3. The summed E-state index contributed by atoms with van der Waals surface area (Å²) < 4.78 is 22.0. The van der Waals surface area contributed by atoms with Crippen LogP contribution in [0.15, 0.2) is 66.2 Å². The number of nitrogens with zero attached hydrogens (tertiary/aromatic N) is 2. The van der Waals surface area contributed by atoms with Crippen molar-refractivity contribution in [1.29, 1.82) is 0 Å². The summed E-state index contributed by atoms with van der Waals surface area (Å²) in [5, 5.41) is 4.00. The first-order chi connectivity index (χ1) is 25.6. The average Bonchev–Trinajstić information content (AvgIpc) is 3.95. The van der Waals surface area contributed by atoms with E-state index in [2.05, 4.69) is 5.32 Å². The molecule has 3 aromatic rings. The first-order valence-corrected chi connectivity index (χ1v) is 19.8. The summed E-state index contributed by atoms with van der Waals surface area (Å²) in [7, 11) is 0. The molecule has 14 heteroatoms. The molecule has 2 unspecified atom stereocenters. The van der Waals surface area contributed by atoms with Crippen molar-refractivity contribution in [1.82, 2.24) is 15.1 Å². The Kier molecular flexibility index (Phi) is 14.1. The van der Waals surface area contributed by atoms with Gasteiger partial charge in [-0.2, -0.15) is 0 Å². The molecule has 2 aliphatic heterocycles. The number of hydrogen-bond acceptors (Lipinski definition) is 7. The first-order valence-electron chi connectivity index (χ1n) is 18.3. The van der Waals surface area contributed by atoms with Crippen LogP contribution in [-0.2, 0) is 9.53 Å². The van der Waals surface area contributed by atoms with Crippen molar-refractivity contribution >= 4 is 76.4 Å². The molecule has 0 aromatic heterocycles. The molecular formula is C41H48Cl5N3O6. The minimum atomic E-state index is -1.87. The van der Waals surface area contributed by atoms with E-state index in [0.29, 0.717) is 68.0 Å². The molecule has 2 fully saturated rings. The molecule has 0 spiro atoms. The summed E-state index contributed by atoms with van der Waals surface area (Å²) in [6, 6.07) is 18.5. The van der Waals surface area contributed by atoms with E-state index in [0.717, 1.165) is 46.4 Å². The zero-order chi connectivity index (χ0) is 38.8. The lowest BCUT2D eigenvalue weighted by molar-refractivity contribution is -0.129. The number of ether oxygens (including phenoxy) is 4. The summed E-state index contributed by atoms with van der Waals surface area (Å²) >= 11 is 25.0. The van der Waals surface area contributed by atoms with E-state index in [9.17, 15) is 9.59 Å². The summed E-state index contributed by atoms with van der Waals surface area (Å²) in [5.41, 5.74) is 4.17. The molecule has 6 rings (SSSR count). The number of piperazine rings is 1. The lowest BCUT2D eigenvalue weighted by Gasteiger charge is -2.48. The Morgan fingerprint density at radius 2 is 1.55 bits per heavy atom. The standard InChI is InChI=1S/C41H47Cl4N3O6.ClH/c1-25-7-6-8-32(19-25)51-16-15-47(29-11-12-29)38(49)37-33(22-30-23-46-24-35(37)48(30)39(50)54-40(4,5)41(43,44)45)28-9-13-31(14-10-28)52-17-18-53-36-21-27(3)26(2)20-34(36)42;/h6-10,13-14,19-21,29-30,35,46H,11-12,15-18,22-24H2,1-5H3;1H. The van der Waals surface area contributed by atoms with Gasteiger partial charge in [0.15, 0.2) is 5.60 Å². The van der Waals surface area contributed by atoms with Crippen LogP contribution in [0.4, 0.5) is 4.79 Å². The fourth-order valence-electron chi connectivity index (χ4n) is 6.83. The minimum Gasteiger partial charge on any atom is -0.492 e. The van der Waals surface area contributed by atoms with Gasteiger partial charge in [0.25, 0.3) is 5.91 Å². The summed E-state index contributed by atoms with van der Waals surface area (Å²) in [6.07, 6.45) is 1.58. The van der Waals surface area contributed by atoms with Crippen LogP contribution in [0.1, 0.15) is 55.4 Å². The van der Waals surface area contributed by atoms with E-state index >= 15 is 0 Å². The zero-order valence-electron chi connectivity index (χ0n) is 31.6. The number of rotatable bonds is 13. The third-order valence-electron chi connectivity index (χ3n) is 10.2. The Morgan fingerprint density at radius 1 is 0.873 bits per heavy atom. The number of halogens is 5. The van der Waals surface area contributed by atoms with Crippen molar-refractivity contribution in [2.24, 2.45) is 0 Å². The number of aryl methyl sites for hydroxylation is 3. The van der Waals surface area contributed by atoms with Gasteiger partial charge >= 0.3 is 6.09 Å². The van der Waals surface area contributed by atoms with Crippen LogP contribution in [0.5, 0.6) is 17.2 Å². The summed E-state index contributed by atoms with van der Waals surface area (Å²) in [6.45, 7) is 11.4. The highest BCUT2D eigenvalue weighted by atomic mass is 35.6. The van der Waals surface area contributed by atoms with Crippen LogP contribution in [0, 0.1) is 20.8 Å². The van der Waals surface area contributed by atoms with Crippen LogP contribution < -0.4 is 19.5 Å². The predicted octanol–water partition coefficient (Wildman–Crippen LogP) is 9.30. The number of carbonyl (C=O) groups is 2. The Hall–Kier alpha value is -3.05. The van der Waals surface area contributed by atoms with E-state index in [-0.39, 0.29) is 30.4 Å². The topological polar surface area (TPSA) is 89.6 Å². The number of nitrogens with one attached hydrogen (secondary N) is 1. The van der Waals surface area contributed by atoms with E-state index in [1.54, 1.807) is 18.7 Å². The molecule has 55 heavy (non-hydrogen) atoms. The third-order valence-corrected chi connectivity index (χ3v) is 11.9. The minimum absolute atomic E-state index is 0. The van der Waals surface area contributed by atoms with Gasteiger partial charge in [-0.15, -0.1) is 12.4 Å². The van der Waals surface area contributed by atoms with Crippen molar-refractivity contribution < 1.29 is 28.5 Å². The summed E-state index contributed by atoms with van der Waals surface area (Å²) in [5.74, 6) is 1.90. The van der Waals surface area contributed by atoms with Gasteiger partial charge in [-0.05, 0) is 118 Å². The lowest BCUT2D eigenvalue weighted by Crippen LogP contribution is -2.64. The van der Waals surface area contributed by atoms with Crippen LogP contribution in [0.3, 0.4) is 0 Å². The highest BCUT2D eigenvalue weighted by Gasteiger charge is 2.50. The second-order valence-electron chi connectivity index (χ2n) is 14.7. The van der Waals surface area contributed by atoms with Crippen molar-refractivity contribution in [2.75, 3.05) is 39.5 Å². The van der Waals surface area contributed by atoms with Gasteiger partial charge < -0.3 is 29.2 Å². The van der Waals surface area contributed by atoms with E-state index < -0.39 is 21.5 Å². The highest BCUT2D eigenvalue weighted by molar-refractivity contribution is 6.68. The quantitative estimate of drug-likeness (QED) is 0.136. The van der Waals surface area contributed by atoms with Crippen molar-refractivity contribution in [3.05, 3.63) is 93.5 Å². The Balaban J connectivity index is 0.00000580. The van der Waals surface area contributed by atoms with E-state index in [1.165, 1.54) is 0 Å². The van der Waals surface area contributed by atoms with Crippen LogP contribution >= 0.6 is 58.8 Å². The van der Waals surface area contributed by atoms with Gasteiger partial charge in [0.2, 0.25) is 3.79 Å². The smallest absolute Gasteiger partial charge is 0.411 e. The van der Waals surface area contributed by atoms with Gasteiger partial charge in [0, 0.05) is 24.7 Å². The van der Waals surface area contributed by atoms with Crippen molar-refractivity contribution in [3.63, 3.8) is 0 Å². The average molecular weight is 856 g/mol. The number of alkyl halides is 3. The van der Waals surface area contributed by atoms with E-state index in [1.807, 2.05) is 86.3 Å². The van der Waals surface area contributed by atoms with E-state index in [4.69, 9.17) is 65.4 Å². The van der Waals surface area contributed by atoms with Gasteiger partial charge in [0.05, 0.1) is 23.7 Å². The van der Waals surface area contributed by atoms with Crippen LogP contribution in [0.2, 0.25) is 5.02 Å². The molecule has 3 aromatic carbocycles. The monoisotopic (exact) mass is 853 g/mol. The molecule has 2 atom stereocenters. The number of carbonyl (C=O) groups excluding carboxylic acids is 2.